The molecule has 0 fully saturated rings. The number of phosphoric acid groups is 1. The van der Waals surface area contributed by atoms with Gasteiger partial charge in [-0.15, -0.1) is 0 Å². The monoisotopic (exact) mass is 575 g/mol. The predicted octanol–water partition coefficient (Wildman–Crippen LogP) is 6.68. The van der Waals surface area contributed by atoms with Crippen LogP contribution in [0.4, 0.5) is 0 Å². The van der Waals surface area contributed by atoms with Crippen LogP contribution in [0, 0.1) is 0 Å². The predicted molar refractivity (Wildman–Crippen MR) is 161 cm³/mol. The first kappa shape index (κ1) is 38.0. The van der Waals surface area contributed by atoms with Gasteiger partial charge in [0.2, 0.25) is 5.91 Å². The number of allylic oxidation sites excluding steroid dienone is 3. The number of carbonyl (C=O) groups is 1. The van der Waals surface area contributed by atoms with Crippen LogP contribution in [0.3, 0.4) is 0 Å². The minimum absolute atomic E-state index is 0.0567. The topological polar surface area (TPSA) is 105 Å². The van der Waals surface area contributed by atoms with Crippen LogP contribution in [-0.4, -0.2) is 73.4 Å². The van der Waals surface area contributed by atoms with Gasteiger partial charge in [-0.25, -0.2) is 4.57 Å². The van der Waals surface area contributed by atoms with Crippen molar-refractivity contribution in [3.63, 3.8) is 0 Å². The number of likely N-dealkylation sites (N-methyl/N-ethyl adjacent to an activating group) is 1. The molecule has 0 spiro atoms. The molecular weight excluding hydrogens is 515 g/mol. The highest BCUT2D eigenvalue weighted by Crippen LogP contribution is 2.43. The molecular formula is C30H60N2O6P+. The van der Waals surface area contributed by atoms with Gasteiger partial charge < -0.3 is 19.8 Å². The number of amides is 1. The molecule has 0 saturated carbocycles. The first-order valence-corrected chi connectivity index (χ1v) is 16.7. The average Bonchev–Trinajstić information content (AvgIpc) is 2.86. The summed E-state index contributed by atoms with van der Waals surface area (Å²) in [5.41, 5.74) is 0. The number of aliphatic hydroxyl groups is 1. The third-order valence-electron chi connectivity index (χ3n) is 6.42. The van der Waals surface area contributed by atoms with E-state index in [-0.39, 0.29) is 19.1 Å². The molecule has 0 aromatic carbocycles. The van der Waals surface area contributed by atoms with E-state index >= 15 is 0 Å². The van der Waals surface area contributed by atoms with Gasteiger partial charge in [-0.2, -0.15) is 0 Å². The molecule has 1 unspecified atom stereocenters. The third kappa shape index (κ3) is 25.7. The zero-order valence-electron chi connectivity index (χ0n) is 25.6. The third-order valence-corrected chi connectivity index (χ3v) is 7.41. The molecule has 0 aliphatic heterocycles. The van der Waals surface area contributed by atoms with E-state index in [0.717, 1.165) is 38.5 Å². The van der Waals surface area contributed by atoms with Crippen LogP contribution in [0.5, 0.6) is 0 Å². The highest BCUT2D eigenvalue weighted by atomic mass is 31.2. The number of aliphatic hydroxyl groups excluding tert-OH is 1. The number of hydrogen-bond acceptors (Lipinski definition) is 5. The summed E-state index contributed by atoms with van der Waals surface area (Å²) in [5, 5.41) is 13.5. The summed E-state index contributed by atoms with van der Waals surface area (Å²) >= 11 is 0. The van der Waals surface area contributed by atoms with Gasteiger partial charge in [-0.1, -0.05) is 95.9 Å². The van der Waals surface area contributed by atoms with Crippen molar-refractivity contribution in [2.24, 2.45) is 0 Å². The Balaban J connectivity index is 4.76. The fraction of sp³-hybridized carbons (Fsp3) is 0.833. The summed E-state index contributed by atoms with van der Waals surface area (Å²) in [6.45, 7) is 4.66. The Morgan fingerprint density at radius 1 is 0.846 bits per heavy atom. The first-order valence-electron chi connectivity index (χ1n) is 15.2. The zero-order chi connectivity index (χ0) is 29.4. The second-order valence-electron chi connectivity index (χ2n) is 11.5. The second-order valence-corrected chi connectivity index (χ2v) is 12.9. The SMILES string of the molecule is CCCCCC/C=C/CC/C=C/[C@@H](O)[C@H](COP(=O)(O)OCC[N+](C)(C)C)NC(=O)CCCCCCCCC. The Morgan fingerprint density at radius 3 is 2.05 bits per heavy atom. The lowest BCUT2D eigenvalue weighted by Gasteiger charge is -2.25. The van der Waals surface area contributed by atoms with Crippen LogP contribution in [0.2, 0.25) is 0 Å². The molecule has 0 aromatic rings. The van der Waals surface area contributed by atoms with Crippen molar-refractivity contribution in [1.82, 2.24) is 5.32 Å². The molecule has 0 bridgehead atoms. The van der Waals surface area contributed by atoms with Crippen molar-refractivity contribution in [3.05, 3.63) is 24.3 Å². The van der Waals surface area contributed by atoms with E-state index in [0.29, 0.717) is 17.4 Å². The van der Waals surface area contributed by atoms with Crippen LogP contribution in [0.25, 0.3) is 0 Å². The van der Waals surface area contributed by atoms with Gasteiger partial charge >= 0.3 is 7.82 Å². The maximum atomic E-state index is 12.6. The molecule has 0 saturated heterocycles. The van der Waals surface area contributed by atoms with Gasteiger partial charge in [0.05, 0.1) is 39.9 Å². The Labute approximate surface area is 239 Å². The number of hydrogen-bond donors (Lipinski definition) is 3. The fourth-order valence-electron chi connectivity index (χ4n) is 3.88. The molecule has 0 heterocycles. The summed E-state index contributed by atoms with van der Waals surface area (Å²) in [5.74, 6) is -0.200. The van der Waals surface area contributed by atoms with Crippen molar-refractivity contribution in [1.29, 1.82) is 0 Å². The normalized spacial score (nSPS) is 15.6. The van der Waals surface area contributed by atoms with Gasteiger partial charge in [-0.3, -0.25) is 13.8 Å². The van der Waals surface area contributed by atoms with Gasteiger partial charge in [0.1, 0.15) is 13.2 Å². The van der Waals surface area contributed by atoms with E-state index in [1.165, 1.54) is 51.4 Å². The number of nitrogens with one attached hydrogen (secondary N) is 1. The number of rotatable bonds is 26. The molecule has 230 valence electrons. The van der Waals surface area contributed by atoms with Gasteiger partial charge in [0, 0.05) is 6.42 Å². The van der Waals surface area contributed by atoms with Crippen molar-refractivity contribution < 1.29 is 32.9 Å². The van der Waals surface area contributed by atoms with Crippen molar-refractivity contribution in [3.8, 4) is 0 Å². The van der Waals surface area contributed by atoms with Crippen LogP contribution in [0.1, 0.15) is 110 Å². The Hall–Kier alpha value is -1.02. The minimum atomic E-state index is -4.32. The van der Waals surface area contributed by atoms with Crippen LogP contribution >= 0.6 is 7.82 Å². The summed E-state index contributed by atoms with van der Waals surface area (Å²) in [7, 11) is 1.55. The number of nitrogens with zero attached hydrogens (tertiary/aromatic N) is 1. The van der Waals surface area contributed by atoms with E-state index in [2.05, 4.69) is 31.3 Å². The minimum Gasteiger partial charge on any atom is -0.387 e. The van der Waals surface area contributed by atoms with E-state index in [4.69, 9.17) is 9.05 Å². The molecule has 9 heteroatoms. The van der Waals surface area contributed by atoms with Gasteiger partial charge in [0.25, 0.3) is 0 Å². The Morgan fingerprint density at radius 2 is 1.41 bits per heavy atom. The number of quaternary nitrogens is 1. The molecule has 0 rings (SSSR count). The molecule has 3 N–H and O–H groups in total. The summed E-state index contributed by atoms with van der Waals surface area (Å²) in [6.07, 6.45) is 22.6. The quantitative estimate of drug-likeness (QED) is 0.0460. The molecule has 3 atom stereocenters. The highest BCUT2D eigenvalue weighted by molar-refractivity contribution is 7.47. The standard InChI is InChI=1S/C30H59N2O6P/c1-6-8-10-12-14-15-16-18-19-21-23-29(33)28(27-38-39(35,36)37-26-25-32(3,4)5)31-30(34)24-22-20-17-13-11-9-7-2/h15-16,21,23,28-29,33H,6-14,17-20,22,24-27H2,1-5H3,(H-,31,34,35,36)/p+1/b16-15+,23-21+/t28-,29+/m0/s1. The van der Waals surface area contributed by atoms with E-state index in [1.807, 2.05) is 27.2 Å². The lowest BCUT2D eigenvalue weighted by molar-refractivity contribution is -0.870. The van der Waals surface area contributed by atoms with Crippen LogP contribution in [-0.2, 0) is 18.4 Å². The summed E-state index contributed by atoms with van der Waals surface area (Å²) in [6, 6.07) is -0.852. The molecule has 0 aliphatic rings. The first-order chi connectivity index (χ1) is 18.5. The summed E-state index contributed by atoms with van der Waals surface area (Å²) in [4.78, 5) is 22.7. The summed E-state index contributed by atoms with van der Waals surface area (Å²) < 4.78 is 23.2. The number of unbranched alkanes of at least 4 members (excludes halogenated alkanes) is 11. The molecule has 0 radical (unpaired) electrons. The number of carbonyl (C=O) groups excluding carboxylic acids is 1. The van der Waals surface area contributed by atoms with Crippen molar-refractivity contribution >= 4 is 13.7 Å². The van der Waals surface area contributed by atoms with Gasteiger partial charge in [-0.05, 0) is 32.1 Å². The van der Waals surface area contributed by atoms with Crippen LogP contribution in [0.15, 0.2) is 24.3 Å². The molecule has 1 amide bonds. The largest absolute Gasteiger partial charge is 0.472 e. The second kappa shape index (κ2) is 23.7. The van der Waals surface area contributed by atoms with E-state index < -0.39 is 20.0 Å². The van der Waals surface area contributed by atoms with E-state index in [1.54, 1.807) is 6.08 Å². The lowest BCUT2D eigenvalue weighted by Crippen LogP contribution is -2.45. The molecule has 0 aliphatic carbocycles. The molecule has 0 aromatic heterocycles. The Bertz CT molecular complexity index is 708. The molecule has 39 heavy (non-hydrogen) atoms. The maximum absolute atomic E-state index is 12.6. The number of phosphoric ester groups is 1. The smallest absolute Gasteiger partial charge is 0.387 e. The van der Waals surface area contributed by atoms with Crippen molar-refractivity contribution in [2.75, 3.05) is 40.9 Å². The maximum Gasteiger partial charge on any atom is 0.472 e. The fourth-order valence-corrected chi connectivity index (χ4v) is 4.61. The lowest BCUT2D eigenvalue weighted by atomic mass is 10.1. The molecule has 8 nitrogen and oxygen atoms in total. The van der Waals surface area contributed by atoms with Crippen LogP contribution < -0.4 is 5.32 Å². The zero-order valence-corrected chi connectivity index (χ0v) is 26.5. The van der Waals surface area contributed by atoms with E-state index in [9.17, 15) is 19.4 Å². The van der Waals surface area contributed by atoms with Gasteiger partial charge in [0.15, 0.2) is 0 Å². The van der Waals surface area contributed by atoms with Crippen molar-refractivity contribution in [2.45, 2.75) is 122 Å². The highest BCUT2D eigenvalue weighted by Gasteiger charge is 2.27. The average molecular weight is 576 g/mol. The Kier molecular flexibility index (Phi) is 23.0.